The second kappa shape index (κ2) is 9.56. The minimum Gasteiger partial charge on any atom is -0.497 e. The van der Waals surface area contributed by atoms with Gasteiger partial charge in [-0.3, -0.25) is 14.8 Å². The van der Waals surface area contributed by atoms with Crippen molar-refractivity contribution in [2.45, 2.75) is 57.7 Å². The maximum absolute atomic E-state index is 14.0. The van der Waals surface area contributed by atoms with Crippen molar-refractivity contribution in [3.8, 4) is 11.5 Å². The first kappa shape index (κ1) is 25.7. The number of benzene rings is 2. The molecule has 3 aliphatic rings. The highest BCUT2D eigenvalue weighted by Crippen LogP contribution is 2.50. The number of allylic oxidation sites excluding steroid dienone is 1. The van der Waals surface area contributed by atoms with Gasteiger partial charge in [-0.25, -0.2) is 4.79 Å². The zero-order valence-electron chi connectivity index (χ0n) is 23.7. The number of rotatable bonds is 5. The van der Waals surface area contributed by atoms with Crippen LogP contribution in [0.15, 0.2) is 60.4 Å². The van der Waals surface area contributed by atoms with Crippen LogP contribution < -0.4 is 9.47 Å². The molecule has 1 spiro atoms. The van der Waals surface area contributed by atoms with Gasteiger partial charge < -0.3 is 14.4 Å². The summed E-state index contributed by atoms with van der Waals surface area (Å²) < 4.78 is 11.4. The van der Waals surface area contributed by atoms with Gasteiger partial charge in [0.05, 0.1) is 31.8 Å². The third-order valence-corrected chi connectivity index (χ3v) is 8.94. The van der Waals surface area contributed by atoms with Crippen molar-refractivity contribution in [3.63, 3.8) is 0 Å². The van der Waals surface area contributed by atoms with Crippen molar-refractivity contribution in [1.29, 1.82) is 0 Å². The van der Waals surface area contributed by atoms with Gasteiger partial charge in [-0.1, -0.05) is 44.2 Å². The topological polar surface area (TPSA) is 58.1 Å². The highest BCUT2D eigenvalue weighted by Gasteiger charge is 2.55. The summed E-state index contributed by atoms with van der Waals surface area (Å²) in [7, 11) is 3.38. The molecule has 0 bridgehead atoms. The highest BCUT2D eigenvalue weighted by molar-refractivity contribution is 5.83. The van der Waals surface area contributed by atoms with E-state index in [2.05, 4.69) is 72.0 Å². The number of urea groups is 1. The third kappa shape index (κ3) is 4.06. The van der Waals surface area contributed by atoms with Crippen molar-refractivity contribution in [2.75, 3.05) is 33.9 Å². The van der Waals surface area contributed by atoms with Gasteiger partial charge in [-0.15, -0.1) is 0 Å². The summed E-state index contributed by atoms with van der Waals surface area (Å²) in [6, 6.07) is 14.7. The average Bonchev–Trinajstić information content (AvgIpc) is 3.05. The molecule has 3 aromatic rings. The molecule has 0 atom stereocenters. The first-order valence-electron chi connectivity index (χ1n) is 13.9. The Morgan fingerprint density at radius 1 is 1.03 bits per heavy atom. The van der Waals surface area contributed by atoms with Gasteiger partial charge in [0, 0.05) is 60.5 Å². The lowest BCUT2D eigenvalue weighted by molar-refractivity contribution is 0.0887. The molecular weight excluding hydrogens is 488 g/mol. The molecule has 0 N–H and O–H groups in total. The summed E-state index contributed by atoms with van der Waals surface area (Å²) in [5, 5.41) is 1.18. The molecule has 1 aromatic heterocycles. The van der Waals surface area contributed by atoms with E-state index in [-0.39, 0.29) is 17.0 Å². The van der Waals surface area contributed by atoms with E-state index in [4.69, 9.17) is 9.47 Å². The molecule has 204 valence electrons. The number of nitrogens with zero attached hydrogens (tertiary/aromatic N) is 4. The maximum Gasteiger partial charge on any atom is 0.325 e. The minimum absolute atomic E-state index is 0.0980. The molecule has 0 radical (unpaired) electrons. The fraction of sp³-hybridized carbons (Fsp3) is 0.438. The van der Waals surface area contributed by atoms with Gasteiger partial charge in [0.1, 0.15) is 11.5 Å². The van der Waals surface area contributed by atoms with E-state index in [1.807, 2.05) is 23.2 Å². The molecule has 2 amide bonds. The van der Waals surface area contributed by atoms with Crippen LogP contribution in [-0.4, -0.2) is 65.1 Å². The van der Waals surface area contributed by atoms with Gasteiger partial charge in [-0.05, 0) is 43.0 Å². The largest absolute Gasteiger partial charge is 0.497 e. The van der Waals surface area contributed by atoms with Gasteiger partial charge >= 0.3 is 6.03 Å². The molecule has 2 aromatic carbocycles. The second-order valence-corrected chi connectivity index (χ2v) is 11.5. The van der Waals surface area contributed by atoms with E-state index >= 15 is 0 Å². The number of carbonyl (C=O) groups is 1. The number of aromatic nitrogens is 1. The second-order valence-electron chi connectivity index (χ2n) is 11.5. The first-order chi connectivity index (χ1) is 18.8. The van der Waals surface area contributed by atoms with Crippen LogP contribution in [0.1, 0.15) is 50.3 Å². The van der Waals surface area contributed by atoms with Crippen molar-refractivity contribution in [3.05, 3.63) is 77.1 Å². The maximum atomic E-state index is 14.0. The van der Waals surface area contributed by atoms with E-state index in [9.17, 15) is 4.79 Å². The van der Waals surface area contributed by atoms with Crippen LogP contribution in [0.25, 0.3) is 10.9 Å². The van der Waals surface area contributed by atoms with Crippen LogP contribution in [0.3, 0.4) is 0 Å². The lowest BCUT2D eigenvalue weighted by atomic mass is 9.77. The molecule has 0 aliphatic carbocycles. The number of likely N-dealkylation sites (tertiary alicyclic amines) is 1. The number of pyridine rings is 1. The Bertz CT molecular complexity index is 1450. The normalized spacial score (nSPS) is 20.0. The van der Waals surface area contributed by atoms with Crippen LogP contribution in [0.2, 0.25) is 0 Å². The third-order valence-electron chi connectivity index (χ3n) is 8.94. The Kier molecular flexibility index (Phi) is 6.29. The number of methoxy groups -OCH3 is 2. The molecule has 2 fully saturated rings. The predicted molar refractivity (Wildman–Crippen MR) is 153 cm³/mol. The number of ether oxygens (including phenoxy) is 2. The van der Waals surface area contributed by atoms with Gasteiger partial charge in [0.2, 0.25) is 0 Å². The number of amides is 2. The molecule has 6 rings (SSSR count). The molecule has 7 heteroatoms. The Balaban J connectivity index is 1.34. The smallest absolute Gasteiger partial charge is 0.325 e. The number of fused-ring (bicyclic) bond motifs is 4. The van der Waals surface area contributed by atoms with Crippen molar-refractivity contribution in [1.82, 2.24) is 19.7 Å². The molecule has 39 heavy (non-hydrogen) atoms. The molecule has 7 nitrogen and oxygen atoms in total. The van der Waals surface area contributed by atoms with E-state index in [1.165, 1.54) is 10.9 Å². The lowest BCUT2D eigenvalue weighted by Crippen LogP contribution is -2.53. The molecule has 3 aliphatic heterocycles. The average molecular weight is 527 g/mol. The van der Waals surface area contributed by atoms with Crippen molar-refractivity contribution in [2.24, 2.45) is 0 Å². The Labute approximate surface area is 231 Å². The zero-order chi connectivity index (χ0) is 27.4. The lowest BCUT2D eigenvalue weighted by Gasteiger charge is -2.44. The molecule has 0 unspecified atom stereocenters. The predicted octanol–water partition coefficient (Wildman–Crippen LogP) is 5.72. The molecule has 4 heterocycles. The molecule has 0 saturated carbocycles. The number of carbonyl (C=O) groups excluding carboxylic acids is 1. The monoisotopic (exact) mass is 526 g/mol. The fourth-order valence-electron chi connectivity index (χ4n) is 7.13. The fourth-order valence-corrected chi connectivity index (χ4v) is 7.13. The van der Waals surface area contributed by atoms with Crippen LogP contribution >= 0.6 is 0 Å². The van der Waals surface area contributed by atoms with Gasteiger partial charge in [0.25, 0.3) is 0 Å². The van der Waals surface area contributed by atoms with Crippen LogP contribution in [0.5, 0.6) is 11.5 Å². The molecular formula is C32H38N4O3. The van der Waals surface area contributed by atoms with Gasteiger partial charge in [0.15, 0.2) is 0 Å². The van der Waals surface area contributed by atoms with Crippen LogP contribution in [0.4, 0.5) is 4.79 Å². The SMILES string of the molecule is CCN1C(=O)N2Cc3cc(OC)cc(OC)c3C(C)(C)C=C2C12CCN(Cc1cccc3cccnc13)CC2. The van der Waals surface area contributed by atoms with Crippen molar-refractivity contribution >= 4 is 16.9 Å². The summed E-state index contributed by atoms with van der Waals surface area (Å²) in [6.45, 7) is 10.5. The van der Waals surface area contributed by atoms with Crippen molar-refractivity contribution < 1.29 is 14.3 Å². The van der Waals surface area contributed by atoms with E-state index in [1.54, 1.807) is 14.2 Å². The van der Waals surface area contributed by atoms with E-state index in [0.717, 1.165) is 66.3 Å². The summed E-state index contributed by atoms with van der Waals surface area (Å²) in [4.78, 5) is 25.3. The van der Waals surface area contributed by atoms with Crippen LogP contribution in [0, 0.1) is 0 Å². The Morgan fingerprint density at radius 3 is 2.51 bits per heavy atom. The zero-order valence-corrected chi connectivity index (χ0v) is 23.7. The van der Waals surface area contributed by atoms with E-state index < -0.39 is 0 Å². The minimum atomic E-state index is -0.320. The summed E-state index contributed by atoms with van der Waals surface area (Å²) in [5.41, 5.74) is 5.04. The van der Waals surface area contributed by atoms with Crippen LogP contribution in [-0.2, 0) is 18.5 Å². The number of piperidine rings is 1. The summed E-state index contributed by atoms with van der Waals surface area (Å²) >= 11 is 0. The summed E-state index contributed by atoms with van der Waals surface area (Å²) in [6.07, 6.45) is 6.02. The number of hydrogen-bond acceptors (Lipinski definition) is 5. The standard InChI is InChI=1S/C32H38N4O3/c1-6-36-30(37)35-21-24-17-25(38-4)18-26(39-5)28(24)31(2,3)19-27(35)32(36)12-15-34(16-13-32)20-23-10-7-9-22-11-8-14-33-29(22)23/h7-11,14,17-19H,6,12-13,15-16,20-21H2,1-5H3. The molecule has 2 saturated heterocycles. The highest BCUT2D eigenvalue weighted by atomic mass is 16.5. The number of likely N-dealkylation sites (N-methyl/N-ethyl adjacent to an activating group) is 1. The Morgan fingerprint density at radius 2 is 1.79 bits per heavy atom. The first-order valence-corrected chi connectivity index (χ1v) is 13.9. The summed E-state index contributed by atoms with van der Waals surface area (Å²) in [5.74, 6) is 1.55. The van der Waals surface area contributed by atoms with Gasteiger partial charge in [-0.2, -0.15) is 0 Å². The number of para-hydroxylation sites is 1. The van der Waals surface area contributed by atoms with E-state index in [0.29, 0.717) is 13.1 Å². The number of hydrogen-bond donors (Lipinski definition) is 0. The quantitative estimate of drug-likeness (QED) is 0.426. The Hall–Kier alpha value is -3.58.